The Labute approximate surface area is 187 Å². The van der Waals surface area contributed by atoms with E-state index in [2.05, 4.69) is 13.8 Å². The maximum absolute atomic E-state index is 13.5. The second-order valence-electron chi connectivity index (χ2n) is 8.86. The van der Waals surface area contributed by atoms with E-state index in [1.807, 2.05) is 37.3 Å². The van der Waals surface area contributed by atoms with Gasteiger partial charge < -0.3 is 9.32 Å². The minimum atomic E-state index is -3.20. The van der Waals surface area contributed by atoms with Gasteiger partial charge in [0.05, 0.1) is 16.9 Å². The van der Waals surface area contributed by atoms with Crippen molar-refractivity contribution in [3.05, 3.63) is 81.2 Å². The third-order valence-electron chi connectivity index (χ3n) is 6.00. The molecule has 0 saturated carbocycles. The summed E-state index contributed by atoms with van der Waals surface area (Å²) in [5.74, 6) is -0.194. The maximum Gasteiger partial charge on any atom is 0.290 e. The SMILES string of the molecule is Cc1ccc2oc(C(=O)N(Cc3ccc(C(C)C)cc3)C3CCS(=O)(=O)C3)cc(=O)c2c1. The zero-order valence-corrected chi connectivity index (χ0v) is 19.3. The van der Waals surface area contributed by atoms with Gasteiger partial charge in [0, 0.05) is 18.7 Å². The van der Waals surface area contributed by atoms with Crippen LogP contribution in [0.15, 0.2) is 57.7 Å². The van der Waals surface area contributed by atoms with Crippen LogP contribution in [0.3, 0.4) is 0 Å². The summed E-state index contributed by atoms with van der Waals surface area (Å²) < 4.78 is 30.1. The topological polar surface area (TPSA) is 84.7 Å². The Hall–Kier alpha value is -2.93. The molecule has 0 radical (unpaired) electrons. The van der Waals surface area contributed by atoms with Gasteiger partial charge in [0.15, 0.2) is 21.0 Å². The molecule has 32 heavy (non-hydrogen) atoms. The minimum absolute atomic E-state index is 0.0503. The van der Waals surface area contributed by atoms with Gasteiger partial charge in [0.2, 0.25) is 0 Å². The fraction of sp³-hybridized carbons (Fsp3) is 0.360. The van der Waals surface area contributed by atoms with Crippen molar-refractivity contribution in [2.75, 3.05) is 11.5 Å². The molecule has 1 saturated heterocycles. The highest BCUT2D eigenvalue weighted by molar-refractivity contribution is 7.91. The van der Waals surface area contributed by atoms with Gasteiger partial charge in [-0.25, -0.2) is 8.42 Å². The minimum Gasteiger partial charge on any atom is -0.451 e. The van der Waals surface area contributed by atoms with E-state index >= 15 is 0 Å². The fourth-order valence-corrected chi connectivity index (χ4v) is 5.84. The monoisotopic (exact) mass is 453 g/mol. The highest BCUT2D eigenvalue weighted by Crippen LogP contribution is 2.24. The quantitative estimate of drug-likeness (QED) is 0.582. The van der Waals surface area contributed by atoms with Gasteiger partial charge in [-0.1, -0.05) is 49.7 Å². The molecule has 0 N–H and O–H groups in total. The molecule has 1 aliphatic heterocycles. The van der Waals surface area contributed by atoms with E-state index < -0.39 is 21.8 Å². The Morgan fingerprint density at radius 1 is 1.12 bits per heavy atom. The molecule has 1 unspecified atom stereocenters. The molecule has 7 heteroatoms. The number of rotatable bonds is 5. The molecular weight excluding hydrogens is 426 g/mol. The first kappa shape index (κ1) is 22.3. The zero-order chi connectivity index (χ0) is 23.0. The Kier molecular flexibility index (Phi) is 5.95. The van der Waals surface area contributed by atoms with Gasteiger partial charge in [-0.05, 0) is 42.5 Å². The summed E-state index contributed by atoms with van der Waals surface area (Å²) in [6, 6.07) is 13.9. The number of carbonyl (C=O) groups excluding carboxylic acids is 1. The number of benzene rings is 2. The molecular formula is C25H27NO5S. The lowest BCUT2D eigenvalue weighted by atomic mass is 10.0. The van der Waals surface area contributed by atoms with Crippen LogP contribution in [-0.4, -0.2) is 36.8 Å². The number of fused-ring (bicyclic) bond motifs is 1. The molecule has 3 aromatic rings. The van der Waals surface area contributed by atoms with E-state index in [1.165, 1.54) is 16.5 Å². The van der Waals surface area contributed by atoms with E-state index in [-0.39, 0.29) is 29.2 Å². The van der Waals surface area contributed by atoms with Crippen molar-refractivity contribution in [2.24, 2.45) is 0 Å². The van der Waals surface area contributed by atoms with Crippen LogP contribution in [0.1, 0.15) is 53.4 Å². The van der Waals surface area contributed by atoms with Gasteiger partial charge in [0.1, 0.15) is 5.58 Å². The number of amides is 1. The lowest BCUT2D eigenvalue weighted by molar-refractivity contribution is 0.0648. The second-order valence-corrected chi connectivity index (χ2v) is 11.1. The van der Waals surface area contributed by atoms with Crippen molar-refractivity contribution < 1.29 is 17.6 Å². The Morgan fingerprint density at radius 3 is 2.47 bits per heavy atom. The Morgan fingerprint density at radius 2 is 1.84 bits per heavy atom. The largest absolute Gasteiger partial charge is 0.451 e. The normalized spacial score (nSPS) is 17.7. The highest BCUT2D eigenvalue weighted by atomic mass is 32.2. The van der Waals surface area contributed by atoms with Crippen LogP contribution in [0.4, 0.5) is 0 Å². The summed E-state index contributed by atoms with van der Waals surface area (Å²) >= 11 is 0. The van der Waals surface area contributed by atoms with Crippen molar-refractivity contribution in [1.29, 1.82) is 0 Å². The van der Waals surface area contributed by atoms with Crippen LogP contribution in [0, 0.1) is 6.92 Å². The Bertz CT molecular complexity index is 1320. The molecule has 1 aliphatic rings. The number of nitrogens with zero attached hydrogens (tertiary/aromatic N) is 1. The molecule has 4 rings (SSSR count). The molecule has 1 aromatic heterocycles. The first-order valence-corrected chi connectivity index (χ1v) is 12.6. The van der Waals surface area contributed by atoms with E-state index in [9.17, 15) is 18.0 Å². The smallest absolute Gasteiger partial charge is 0.290 e. The second kappa shape index (κ2) is 8.54. The van der Waals surface area contributed by atoms with Crippen LogP contribution in [0.2, 0.25) is 0 Å². The molecule has 1 fully saturated rings. The van der Waals surface area contributed by atoms with Crippen LogP contribution in [-0.2, 0) is 16.4 Å². The standard InChI is InChI=1S/C25H27NO5S/c1-16(2)19-7-5-18(6-8-19)14-26(20-10-11-32(29,30)15-20)25(28)24-13-22(27)21-12-17(3)4-9-23(21)31-24/h4-9,12-13,16,20H,10-11,14-15H2,1-3H3. The molecule has 0 aliphatic carbocycles. The molecule has 2 heterocycles. The molecule has 1 amide bonds. The molecule has 2 aromatic carbocycles. The Balaban J connectivity index is 1.70. The van der Waals surface area contributed by atoms with E-state index in [1.54, 1.807) is 12.1 Å². The predicted molar refractivity (Wildman–Crippen MR) is 125 cm³/mol. The number of hydrogen-bond donors (Lipinski definition) is 0. The summed E-state index contributed by atoms with van der Waals surface area (Å²) in [4.78, 5) is 27.7. The van der Waals surface area contributed by atoms with Crippen LogP contribution >= 0.6 is 0 Å². The first-order valence-electron chi connectivity index (χ1n) is 10.8. The van der Waals surface area contributed by atoms with Crippen LogP contribution in [0.5, 0.6) is 0 Å². The summed E-state index contributed by atoms with van der Waals surface area (Å²) in [7, 11) is -3.20. The summed E-state index contributed by atoms with van der Waals surface area (Å²) in [5, 5.41) is 0.417. The lowest BCUT2D eigenvalue weighted by Crippen LogP contribution is -2.40. The number of aryl methyl sites for hydroxylation is 1. The number of hydrogen-bond acceptors (Lipinski definition) is 5. The van der Waals surface area contributed by atoms with Crippen molar-refractivity contribution in [2.45, 2.75) is 45.7 Å². The summed E-state index contributed by atoms with van der Waals surface area (Å²) in [6.07, 6.45) is 0.370. The number of carbonyl (C=O) groups is 1. The third kappa shape index (κ3) is 4.63. The molecule has 168 valence electrons. The highest BCUT2D eigenvalue weighted by Gasteiger charge is 2.36. The van der Waals surface area contributed by atoms with Gasteiger partial charge in [-0.15, -0.1) is 0 Å². The van der Waals surface area contributed by atoms with Gasteiger partial charge in [-0.3, -0.25) is 9.59 Å². The summed E-state index contributed by atoms with van der Waals surface area (Å²) in [5.41, 5.74) is 3.05. The maximum atomic E-state index is 13.5. The summed E-state index contributed by atoms with van der Waals surface area (Å²) in [6.45, 7) is 6.34. The van der Waals surface area contributed by atoms with Crippen molar-refractivity contribution in [1.82, 2.24) is 4.90 Å². The third-order valence-corrected chi connectivity index (χ3v) is 7.75. The fourth-order valence-electron chi connectivity index (χ4n) is 4.11. The van der Waals surface area contributed by atoms with Crippen molar-refractivity contribution in [3.63, 3.8) is 0 Å². The molecule has 1 atom stereocenters. The predicted octanol–water partition coefficient (Wildman–Crippen LogP) is 4.05. The van der Waals surface area contributed by atoms with E-state index in [0.717, 1.165) is 11.1 Å². The van der Waals surface area contributed by atoms with Crippen molar-refractivity contribution in [3.8, 4) is 0 Å². The number of sulfone groups is 1. The van der Waals surface area contributed by atoms with Gasteiger partial charge in [0.25, 0.3) is 5.91 Å². The average molecular weight is 454 g/mol. The van der Waals surface area contributed by atoms with Crippen molar-refractivity contribution >= 4 is 26.7 Å². The van der Waals surface area contributed by atoms with Crippen LogP contribution in [0.25, 0.3) is 11.0 Å². The van der Waals surface area contributed by atoms with Gasteiger partial charge in [-0.2, -0.15) is 0 Å². The van der Waals surface area contributed by atoms with Crippen LogP contribution < -0.4 is 5.43 Å². The molecule has 0 bridgehead atoms. The van der Waals surface area contributed by atoms with E-state index in [0.29, 0.717) is 23.3 Å². The molecule has 0 spiro atoms. The average Bonchev–Trinajstić information content (AvgIpc) is 3.11. The lowest BCUT2D eigenvalue weighted by Gasteiger charge is -2.28. The first-order chi connectivity index (χ1) is 15.1. The zero-order valence-electron chi connectivity index (χ0n) is 18.5. The van der Waals surface area contributed by atoms with E-state index in [4.69, 9.17) is 4.42 Å². The molecule has 6 nitrogen and oxygen atoms in total. The van der Waals surface area contributed by atoms with Gasteiger partial charge >= 0.3 is 0 Å².